The van der Waals surface area contributed by atoms with Crippen molar-refractivity contribution in [1.82, 2.24) is 15.6 Å². The van der Waals surface area contributed by atoms with Crippen LogP contribution in [0.15, 0.2) is 41.8 Å². The van der Waals surface area contributed by atoms with Crippen LogP contribution in [0.2, 0.25) is 0 Å². The average molecular weight is 466 g/mol. The molecular formula is C26H31N3O3S. The molecule has 0 aliphatic carbocycles. The minimum Gasteiger partial charge on any atom is -0.465 e. The highest BCUT2D eigenvalue weighted by atomic mass is 32.1. The molecule has 0 aliphatic heterocycles. The summed E-state index contributed by atoms with van der Waals surface area (Å²) in [7, 11) is 0. The van der Waals surface area contributed by atoms with Crippen molar-refractivity contribution in [3.8, 4) is 11.1 Å². The van der Waals surface area contributed by atoms with E-state index in [1.54, 1.807) is 11.3 Å². The molecule has 1 aromatic carbocycles. The van der Waals surface area contributed by atoms with E-state index >= 15 is 0 Å². The van der Waals surface area contributed by atoms with E-state index in [1.165, 1.54) is 0 Å². The van der Waals surface area contributed by atoms with Crippen molar-refractivity contribution in [3.05, 3.63) is 74.7 Å². The highest BCUT2D eigenvalue weighted by molar-refractivity contribution is 7.09. The quantitative estimate of drug-likeness (QED) is 0.402. The Labute approximate surface area is 199 Å². The lowest BCUT2D eigenvalue weighted by molar-refractivity contribution is -0.120. The van der Waals surface area contributed by atoms with E-state index in [0.717, 1.165) is 50.5 Å². The lowest BCUT2D eigenvalue weighted by Gasteiger charge is -2.22. The molecule has 174 valence electrons. The smallest absolute Gasteiger partial charge is 0.404 e. The summed E-state index contributed by atoms with van der Waals surface area (Å²) in [4.78, 5) is 30.2. The molecule has 6 nitrogen and oxygen atoms in total. The van der Waals surface area contributed by atoms with Gasteiger partial charge in [-0.05, 0) is 54.3 Å². The zero-order valence-corrected chi connectivity index (χ0v) is 20.4. The number of carboxylic acid groups (broad SMARTS) is 1. The molecular weight excluding hydrogens is 434 g/mol. The predicted molar refractivity (Wildman–Crippen MR) is 132 cm³/mol. The number of hydrogen-bond acceptors (Lipinski definition) is 4. The van der Waals surface area contributed by atoms with Crippen LogP contribution in [0.3, 0.4) is 0 Å². The molecule has 0 saturated heterocycles. The van der Waals surface area contributed by atoms with Crippen molar-refractivity contribution in [2.75, 3.05) is 0 Å². The molecule has 2 aromatic heterocycles. The third-order valence-electron chi connectivity index (χ3n) is 5.43. The van der Waals surface area contributed by atoms with Gasteiger partial charge in [0.2, 0.25) is 5.91 Å². The normalized spacial score (nSPS) is 10.9. The van der Waals surface area contributed by atoms with Crippen LogP contribution in [0.1, 0.15) is 46.8 Å². The SMILES string of the molecule is Cc1ccc(-c2c(CC(=O)NCc3cccs3)c(C)nc(CC(C)C)c2CNC(=O)O)cc1. The highest BCUT2D eigenvalue weighted by Crippen LogP contribution is 2.33. The second-order valence-electron chi connectivity index (χ2n) is 8.63. The number of carbonyl (C=O) groups excluding carboxylic acids is 1. The van der Waals surface area contributed by atoms with Gasteiger partial charge in [0.15, 0.2) is 0 Å². The number of benzene rings is 1. The molecule has 0 fully saturated rings. The molecule has 3 aromatic rings. The summed E-state index contributed by atoms with van der Waals surface area (Å²) in [6.07, 6.45) is -0.187. The van der Waals surface area contributed by atoms with Gasteiger partial charge in [0.05, 0.1) is 13.0 Å². The summed E-state index contributed by atoms with van der Waals surface area (Å²) in [5, 5.41) is 16.8. The van der Waals surface area contributed by atoms with Crippen LogP contribution in [0.5, 0.6) is 0 Å². The average Bonchev–Trinajstić information content (AvgIpc) is 3.27. The fourth-order valence-electron chi connectivity index (χ4n) is 3.86. The maximum absolute atomic E-state index is 12.9. The lowest BCUT2D eigenvalue weighted by Crippen LogP contribution is -2.26. The first-order valence-electron chi connectivity index (χ1n) is 11.1. The lowest BCUT2D eigenvalue weighted by atomic mass is 9.88. The molecule has 33 heavy (non-hydrogen) atoms. The van der Waals surface area contributed by atoms with E-state index in [2.05, 4.69) is 24.5 Å². The molecule has 0 aliphatic rings. The topological polar surface area (TPSA) is 91.3 Å². The maximum Gasteiger partial charge on any atom is 0.404 e. The minimum absolute atomic E-state index is 0.0876. The molecule has 2 heterocycles. The van der Waals surface area contributed by atoms with Crippen LogP contribution < -0.4 is 10.6 Å². The van der Waals surface area contributed by atoms with Crippen LogP contribution in [0.4, 0.5) is 4.79 Å². The summed E-state index contributed by atoms with van der Waals surface area (Å²) >= 11 is 1.60. The number of carbonyl (C=O) groups is 2. The number of nitrogens with zero attached hydrogens (tertiary/aromatic N) is 1. The van der Waals surface area contributed by atoms with Crippen LogP contribution in [-0.4, -0.2) is 22.1 Å². The summed E-state index contributed by atoms with van der Waals surface area (Å²) in [5.41, 5.74) is 6.32. The third kappa shape index (κ3) is 6.65. The number of nitrogens with one attached hydrogen (secondary N) is 2. The molecule has 0 bridgehead atoms. The Balaban J connectivity index is 2.07. The molecule has 3 rings (SSSR count). The fraction of sp³-hybridized carbons (Fsp3) is 0.346. The monoisotopic (exact) mass is 465 g/mol. The second kappa shape index (κ2) is 11.1. The van der Waals surface area contributed by atoms with Crippen molar-refractivity contribution in [1.29, 1.82) is 0 Å². The Morgan fingerprint density at radius 2 is 1.76 bits per heavy atom. The molecule has 0 unspecified atom stereocenters. The van der Waals surface area contributed by atoms with Crippen LogP contribution in [0.25, 0.3) is 11.1 Å². The zero-order chi connectivity index (χ0) is 24.0. The highest BCUT2D eigenvalue weighted by Gasteiger charge is 2.22. The number of hydrogen-bond donors (Lipinski definition) is 3. The molecule has 0 atom stereocenters. The van der Waals surface area contributed by atoms with Gasteiger partial charge in [0.25, 0.3) is 0 Å². The van der Waals surface area contributed by atoms with Gasteiger partial charge < -0.3 is 15.7 Å². The summed E-state index contributed by atoms with van der Waals surface area (Å²) in [6.45, 7) is 8.81. The van der Waals surface area contributed by atoms with E-state index in [9.17, 15) is 14.7 Å². The first-order chi connectivity index (χ1) is 15.7. The Hall–Kier alpha value is -3.19. The second-order valence-corrected chi connectivity index (χ2v) is 9.66. The van der Waals surface area contributed by atoms with Gasteiger partial charge >= 0.3 is 6.09 Å². The maximum atomic E-state index is 12.9. The van der Waals surface area contributed by atoms with Gasteiger partial charge in [0.1, 0.15) is 0 Å². The van der Waals surface area contributed by atoms with E-state index in [-0.39, 0.29) is 18.9 Å². The van der Waals surface area contributed by atoms with Crippen molar-refractivity contribution in [2.24, 2.45) is 5.92 Å². The van der Waals surface area contributed by atoms with Gasteiger partial charge in [0, 0.05) is 28.4 Å². The number of amides is 2. The Morgan fingerprint density at radius 3 is 2.36 bits per heavy atom. The van der Waals surface area contributed by atoms with E-state index in [4.69, 9.17) is 4.98 Å². The molecule has 3 N–H and O–H groups in total. The first kappa shape index (κ1) is 24.5. The Kier molecular flexibility index (Phi) is 8.22. The number of aromatic nitrogens is 1. The van der Waals surface area contributed by atoms with Crippen molar-refractivity contribution in [3.63, 3.8) is 0 Å². The predicted octanol–water partition coefficient (Wildman–Crippen LogP) is 5.25. The third-order valence-corrected chi connectivity index (χ3v) is 6.30. The zero-order valence-electron chi connectivity index (χ0n) is 19.6. The molecule has 0 radical (unpaired) electrons. The van der Waals surface area contributed by atoms with Gasteiger partial charge in [-0.15, -0.1) is 11.3 Å². The molecule has 0 spiro atoms. The summed E-state index contributed by atoms with van der Waals surface area (Å²) in [6, 6.07) is 12.1. The van der Waals surface area contributed by atoms with Gasteiger partial charge in [-0.25, -0.2) is 4.79 Å². The number of pyridine rings is 1. The van der Waals surface area contributed by atoms with Gasteiger partial charge in [-0.3, -0.25) is 9.78 Å². The van der Waals surface area contributed by atoms with E-state index in [0.29, 0.717) is 12.5 Å². The molecule has 0 saturated carbocycles. The van der Waals surface area contributed by atoms with Crippen molar-refractivity contribution in [2.45, 2.75) is 53.6 Å². The number of rotatable bonds is 9. The largest absolute Gasteiger partial charge is 0.465 e. The van der Waals surface area contributed by atoms with Gasteiger partial charge in [-0.1, -0.05) is 49.7 Å². The number of aryl methyl sites for hydroxylation is 2. The standard InChI is InChI=1S/C26H31N3O3S/c1-16(2)12-23-22(15-28-26(31)32)25(19-9-7-17(3)8-10-19)21(18(4)29-23)13-24(30)27-14-20-6-5-11-33-20/h5-11,16,28H,12-15H2,1-4H3,(H,27,30)(H,31,32). The first-order valence-corrected chi connectivity index (χ1v) is 12.0. The summed E-state index contributed by atoms with van der Waals surface area (Å²) in [5.74, 6) is 0.265. The van der Waals surface area contributed by atoms with E-state index < -0.39 is 6.09 Å². The van der Waals surface area contributed by atoms with Crippen LogP contribution >= 0.6 is 11.3 Å². The van der Waals surface area contributed by atoms with Gasteiger partial charge in [-0.2, -0.15) is 0 Å². The van der Waals surface area contributed by atoms with Crippen LogP contribution in [-0.2, 0) is 30.7 Å². The van der Waals surface area contributed by atoms with Crippen molar-refractivity contribution >= 4 is 23.3 Å². The fourth-order valence-corrected chi connectivity index (χ4v) is 4.51. The Morgan fingerprint density at radius 1 is 1.03 bits per heavy atom. The molecule has 7 heteroatoms. The van der Waals surface area contributed by atoms with Crippen molar-refractivity contribution < 1.29 is 14.7 Å². The van der Waals surface area contributed by atoms with Crippen LogP contribution in [0, 0.1) is 19.8 Å². The Bertz CT molecular complexity index is 1110. The number of thiophene rings is 1. The minimum atomic E-state index is -1.09. The summed E-state index contributed by atoms with van der Waals surface area (Å²) < 4.78 is 0. The van der Waals surface area contributed by atoms with E-state index in [1.807, 2.05) is 55.6 Å². The molecule has 2 amide bonds.